The molecule has 0 aliphatic rings. The maximum absolute atomic E-state index is 9.67. The van der Waals surface area contributed by atoms with E-state index in [-0.39, 0.29) is 5.88 Å². The van der Waals surface area contributed by atoms with Gasteiger partial charge in [0.1, 0.15) is 5.82 Å². The van der Waals surface area contributed by atoms with Crippen LogP contribution >= 0.6 is 0 Å². The third kappa shape index (κ3) is 2.67. The summed E-state index contributed by atoms with van der Waals surface area (Å²) >= 11 is 0. The van der Waals surface area contributed by atoms with Crippen molar-refractivity contribution in [2.24, 2.45) is 0 Å². The van der Waals surface area contributed by atoms with Crippen LogP contribution in [0.5, 0.6) is 5.88 Å². The summed E-state index contributed by atoms with van der Waals surface area (Å²) in [7, 11) is 0. The lowest BCUT2D eigenvalue weighted by atomic mass is 10.1. The molecule has 90 valence electrons. The van der Waals surface area contributed by atoms with Crippen molar-refractivity contribution >= 4 is 0 Å². The standard InChI is InChI=1S/C14H18N2O/c1-3-6-12-14(17)16-13(15-12)9-11-8-5-4-7-10(11)2/h4-5,7-8,17H,3,6,9H2,1-2H3,(H,15,16). The molecule has 0 unspecified atom stereocenters. The van der Waals surface area contributed by atoms with E-state index in [9.17, 15) is 5.11 Å². The van der Waals surface area contributed by atoms with Crippen LogP contribution in [0.4, 0.5) is 0 Å². The molecule has 0 amide bonds. The number of hydrogen-bond donors (Lipinski definition) is 2. The average molecular weight is 230 g/mol. The van der Waals surface area contributed by atoms with E-state index >= 15 is 0 Å². The van der Waals surface area contributed by atoms with E-state index in [4.69, 9.17) is 0 Å². The zero-order valence-corrected chi connectivity index (χ0v) is 10.3. The van der Waals surface area contributed by atoms with Crippen LogP contribution < -0.4 is 0 Å². The zero-order valence-electron chi connectivity index (χ0n) is 10.3. The van der Waals surface area contributed by atoms with Crippen LogP contribution in [0.3, 0.4) is 0 Å². The van der Waals surface area contributed by atoms with Crippen LogP contribution in [0.1, 0.15) is 36.0 Å². The normalized spacial score (nSPS) is 10.7. The summed E-state index contributed by atoms with van der Waals surface area (Å²) in [6.07, 6.45) is 2.58. The molecule has 0 saturated heterocycles. The second-order valence-electron chi connectivity index (χ2n) is 4.34. The molecule has 3 heteroatoms. The molecule has 1 heterocycles. The Balaban J connectivity index is 2.19. The largest absolute Gasteiger partial charge is 0.492 e. The van der Waals surface area contributed by atoms with Crippen molar-refractivity contribution in [1.82, 2.24) is 9.97 Å². The van der Waals surface area contributed by atoms with Gasteiger partial charge < -0.3 is 10.1 Å². The first-order valence-electron chi connectivity index (χ1n) is 6.02. The first kappa shape index (κ1) is 11.7. The molecule has 0 aliphatic carbocycles. The van der Waals surface area contributed by atoms with Gasteiger partial charge in [-0.1, -0.05) is 37.6 Å². The molecule has 0 radical (unpaired) electrons. The van der Waals surface area contributed by atoms with Crippen molar-refractivity contribution in [2.75, 3.05) is 0 Å². The second-order valence-corrected chi connectivity index (χ2v) is 4.34. The van der Waals surface area contributed by atoms with Gasteiger partial charge in [0.25, 0.3) is 0 Å². The summed E-state index contributed by atoms with van der Waals surface area (Å²) in [5, 5.41) is 9.67. The molecule has 2 rings (SSSR count). The van der Waals surface area contributed by atoms with E-state index in [1.807, 2.05) is 12.1 Å². The van der Waals surface area contributed by atoms with Crippen LogP contribution in [-0.2, 0) is 12.8 Å². The van der Waals surface area contributed by atoms with Gasteiger partial charge in [0, 0.05) is 6.42 Å². The smallest absolute Gasteiger partial charge is 0.232 e. The minimum atomic E-state index is 0.149. The van der Waals surface area contributed by atoms with Gasteiger partial charge in [-0.2, -0.15) is 4.98 Å². The number of aryl methyl sites for hydroxylation is 2. The summed E-state index contributed by atoms with van der Waals surface area (Å²) in [5.74, 6) is 0.982. The van der Waals surface area contributed by atoms with Crippen molar-refractivity contribution in [3.63, 3.8) is 0 Å². The van der Waals surface area contributed by atoms with Crippen LogP contribution in [0.25, 0.3) is 0 Å². The minimum Gasteiger partial charge on any atom is -0.492 e. The minimum absolute atomic E-state index is 0.149. The molecule has 1 aromatic heterocycles. The molecule has 0 saturated carbocycles. The fourth-order valence-electron chi connectivity index (χ4n) is 1.95. The van der Waals surface area contributed by atoms with E-state index in [0.29, 0.717) is 0 Å². The molecule has 1 aromatic carbocycles. The molecule has 2 N–H and O–H groups in total. The first-order valence-corrected chi connectivity index (χ1v) is 6.02. The lowest BCUT2D eigenvalue weighted by molar-refractivity contribution is 0.448. The molecule has 0 aliphatic heterocycles. The number of aromatic amines is 1. The fraction of sp³-hybridized carbons (Fsp3) is 0.357. The molecule has 3 nitrogen and oxygen atoms in total. The molecule has 2 aromatic rings. The number of nitrogens with one attached hydrogen (secondary N) is 1. The quantitative estimate of drug-likeness (QED) is 0.848. The number of benzene rings is 1. The van der Waals surface area contributed by atoms with E-state index in [2.05, 4.69) is 35.9 Å². The SMILES string of the molecule is CCCc1[nH]c(Cc2ccccc2C)nc1O. The lowest BCUT2D eigenvalue weighted by Gasteiger charge is -2.02. The second kappa shape index (κ2) is 5.04. The van der Waals surface area contributed by atoms with Crippen LogP contribution in [0.2, 0.25) is 0 Å². The maximum atomic E-state index is 9.67. The highest BCUT2D eigenvalue weighted by molar-refractivity contribution is 5.30. The first-order chi connectivity index (χ1) is 8.20. The molecular formula is C14H18N2O. The Kier molecular flexibility index (Phi) is 3.47. The van der Waals surface area contributed by atoms with E-state index < -0.39 is 0 Å². The number of aromatic nitrogens is 2. The predicted molar refractivity (Wildman–Crippen MR) is 68.2 cm³/mol. The highest BCUT2D eigenvalue weighted by Crippen LogP contribution is 2.18. The average Bonchev–Trinajstić information content (AvgIpc) is 2.63. The number of H-pyrrole nitrogens is 1. The van der Waals surface area contributed by atoms with Gasteiger partial charge in [0.05, 0.1) is 5.69 Å². The Hall–Kier alpha value is -1.77. The highest BCUT2D eigenvalue weighted by Gasteiger charge is 2.09. The van der Waals surface area contributed by atoms with Crippen molar-refractivity contribution in [3.05, 3.63) is 46.9 Å². The fourth-order valence-corrected chi connectivity index (χ4v) is 1.95. The van der Waals surface area contributed by atoms with Crippen molar-refractivity contribution in [3.8, 4) is 5.88 Å². The monoisotopic (exact) mass is 230 g/mol. The zero-order chi connectivity index (χ0) is 12.3. The van der Waals surface area contributed by atoms with Crippen molar-refractivity contribution in [2.45, 2.75) is 33.1 Å². The Morgan fingerprint density at radius 2 is 2.06 bits per heavy atom. The summed E-state index contributed by atoms with van der Waals surface area (Å²) in [6.45, 7) is 4.17. The lowest BCUT2D eigenvalue weighted by Crippen LogP contribution is -1.94. The molecule has 0 spiro atoms. The maximum Gasteiger partial charge on any atom is 0.232 e. The number of aromatic hydroxyl groups is 1. The molecule has 17 heavy (non-hydrogen) atoms. The van der Waals surface area contributed by atoms with Crippen LogP contribution in [0, 0.1) is 6.92 Å². The van der Waals surface area contributed by atoms with Gasteiger partial charge in [-0.05, 0) is 24.5 Å². The van der Waals surface area contributed by atoms with Gasteiger partial charge in [-0.15, -0.1) is 0 Å². The Morgan fingerprint density at radius 1 is 1.29 bits per heavy atom. The topological polar surface area (TPSA) is 48.9 Å². The van der Waals surface area contributed by atoms with Crippen molar-refractivity contribution in [1.29, 1.82) is 0 Å². The molecular weight excluding hydrogens is 212 g/mol. The Morgan fingerprint density at radius 3 is 2.76 bits per heavy atom. The Bertz CT molecular complexity index is 503. The molecule has 0 fully saturated rings. The van der Waals surface area contributed by atoms with Gasteiger partial charge in [0.2, 0.25) is 5.88 Å². The van der Waals surface area contributed by atoms with Gasteiger partial charge in [0.15, 0.2) is 0 Å². The summed E-state index contributed by atoms with van der Waals surface area (Å²) in [6, 6.07) is 8.23. The molecule has 0 atom stereocenters. The van der Waals surface area contributed by atoms with Crippen LogP contribution in [0.15, 0.2) is 24.3 Å². The number of imidazole rings is 1. The van der Waals surface area contributed by atoms with Gasteiger partial charge >= 0.3 is 0 Å². The van der Waals surface area contributed by atoms with E-state index in [0.717, 1.165) is 30.8 Å². The summed E-state index contributed by atoms with van der Waals surface area (Å²) in [5.41, 5.74) is 3.33. The van der Waals surface area contributed by atoms with E-state index in [1.165, 1.54) is 11.1 Å². The number of hydrogen-bond acceptors (Lipinski definition) is 2. The third-order valence-electron chi connectivity index (χ3n) is 2.93. The number of rotatable bonds is 4. The van der Waals surface area contributed by atoms with Gasteiger partial charge in [-0.3, -0.25) is 0 Å². The highest BCUT2D eigenvalue weighted by atomic mass is 16.3. The number of nitrogens with zero attached hydrogens (tertiary/aromatic N) is 1. The summed E-state index contributed by atoms with van der Waals surface area (Å²) in [4.78, 5) is 7.36. The predicted octanol–water partition coefficient (Wildman–Crippen LogP) is 2.97. The Labute approximate surface area is 102 Å². The third-order valence-corrected chi connectivity index (χ3v) is 2.93. The summed E-state index contributed by atoms with van der Waals surface area (Å²) < 4.78 is 0. The van der Waals surface area contributed by atoms with Crippen LogP contribution in [-0.4, -0.2) is 15.1 Å². The van der Waals surface area contributed by atoms with Crippen molar-refractivity contribution < 1.29 is 5.11 Å². The van der Waals surface area contributed by atoms with Gasteiger partial charge in [-0.25, -0.2) is 0 Å². The van der Waals surface area contributed by atoms with E-state index in [1.54, 1.807) is 0 Å². The molecule has 0 bridgehead atoms.